The summed E-state index contributed by atoms with van der Waals surface area (Å²) in [5.74, 6) is 0.124. The first-order valence-corrected chi connectivity index (χ1v) is 9.14. The van der Waals surface area contributed by atoms with Gasteiger partial charge < -0.3 is 25.5 Å². The van der Waals surface area contributed by atoms with Crippen LogP contribution in [0.3, 0.4) is 0 Å². The molecule has 1 atom stereocenters. The van der Waals surface area contributed by atoms with Crippen molar-refractivity contribution in [2.45, 2.75) is 26.3 Å². The quantitative estimate of drug-likeness (QED) is 0.651. The highest BCUT2D eigenvalue weighted by Gasteiger charge is 2.26. The van der Waals surface area contributed by atoms with Crippen molar-refractivity contribution in [1.82, 2.24) is 15.5 Å². The first kappa shape index (κ1) is 20.4. The zero-order valence-electron chi connectivity index (χ0n) is 15.8. The highest BCUT2D eigenvalue weighted by Crippen LogP contribution is 2.19. The largest absolute Gasteiger partial charge is 0.508 e. The lowest BCUT2D eigenvalue weighted by Crippen LogP contribution is -2.56. The Morgan fingerprint density at radius 3 is 2.37 bits per heavy atom. The minimum absolute atomic E-state index is 0.0748. The third-order valence-corrected chi connectivity index (χ3v) is 4.44. The molecule has 146 valence electrons. The fraction of sp³-hybridized carbons (Fsp3) is 0.526. The van der Waals surface area contributed by atoms with Crippen molar-refractivity contribution in [3.63, 3.8) is 0 Å². The molecule has 1 aromatic carbocycles. The second-order valence-electron chi connectivity index (χ2n) is 7.00. The van der Waals surface area contributed by atoms with Crippen molar-refractivity contribution < 1.29 is 14.7 Å². The number of nitrogens with zero attached hydrogens (tertiary/aromatic N) is 3. The topological polar surface area (TPSA) is 109 Å². The van der Waals surface area contributed by atoms with Gasteiger partial charge in [-0.25, -0.2) is 4.79 Å². The van der Waals surface area contributed by atoms with Crippen LogP contribution in [0.15, 0.2) is 24.3 Å². The van der Waals surface area contributed by atoms with E-state index in [2.05, 4.69) is 15.5 Å². The van der Waals surface area contributed by atoms with Crippen LogP contribution in [0.1, 0.15) is 20.3 Å². The Balaban J connectivity index is 1.90. The molecule has 8 nitrogen and oxygen atoms in total. The van der Waals surface area contributed by atoms with Gasteiger partial charge in [0.15, 0.2) is 0 Å². The molecule has 2 rings (SSSR count). The van der Waals surface area contributed by atoms with Crippen LogP contribution in [-0.4, -0.2) is 60.7 Å². The number of urea groups is 1. The molecule has 1 aliphatic rings. The van der Waals surface area contributed by atoms with Crippen LogP contribution in [0.4, 0.5) is 10.5 Å². The van der Waals surface area contributed by atoms with E-state index in [0.29, 0.717) is 32.6 Å². The van der Waals surface area contributed by atoms with Crippen LogP contribution in [0.25, 0.3) is 0 Å². The summed E-state index contributed by atoms with van der Waals surface area (Å²) in [5.41, 5.74) is 1.00. The highest BCUT2D eigenvalue weighted by atomic mass is 16.3. The third-order valence-electron chi connectivity index (χ3n) is 4.44. The summed E-state index contributed by atoms with van der Waals surface area (Å²) in [7, 11) is 0. The fourth-order valence-corrected chi connectivity index (χ4v) is 3.02. The molecule has 1 fully saturated rings. The molecular formula is C19H27N5O3. The predicted octanol–water partition coefficient (Wildman–Crippen LogP) is 1.28. The lowest BCUT2D eigenvalue weighted by Gasteiger charge is -2.36. The number of phenolic OH excluding ortho intramolecular Hbond substituents is 1. The first-order valence-electron chi connectivity index (χ1n) is 9.14. The predicted molar refractivity (Wildman–Crippen MR) is 102 cm³/mol. The molecule has 0 radical (unpaired) electrons. The van der Waals surface area contributed by atoms with Crippen molar-refractivity contribution in [3.8, 4) is 11.8 Å². The standard InChI is InChI=1S/C19H27N5O3/c1-14(2)13-17(18(26)21-8-7-20)22-19(27)24-11-9-23(10-12-24)15-3-5-16(25)6-4-15/h3-6,14,17,25H,8-13H2,1-2H3,(H,21,26)(H,22,27)/t17-/m0/s1. The summed E-state index contributed by atoms with van der Waals surface area (Å²) in [4.78, 5) is 28.6. The Labute approximate surface area is 159 Å². The lowest BCUT2D eigenvalue weighted by atomic mass is 10.0. The zero-order valence-corrected chi connectivity index (χ0v) is 15.8. The molecule has 0 unspecified atom stereocenters. The van der Waals surface area contributed by atoms with Gasteiger partial charge in [-0.3, -0.25) is 4.79 Å². The van der Waals surface area contributed by atoms with E-state index < -0.39 is 6.04 Å². The van der Waals surface area contributed by atoms with E-state index in [1.807, 2.05) is 32.0 Å². The van der Waals surface area contributed by atoms with E-state index in [9.17, 15) is 14.7 Å². The number of aromatic hydroxyl groups is 1. The number of nitrogens with one attached hydrogen (secondary N) is 2. The number of rotatable bonds is 6. The maximum atomic E-state index is 12.6. The Bertz CT molecular complexity index is 676. The maximum Gasteiger partial charge on any atom is 0.318 e. The summed E-state index contributed by atoms with van der Waals surface area (Å²) in [6, 6.07) is 7.94. The van der Waals surface area contributed by atoms with Crippen molar-refractivity contribution in [2.24, 2.45) is 5.92 Å². The van der Waals surface area contributed by atoms with E-state index in [4.69, 9.17) is 5.26 Å². The fourth-order valence-electron chi connectivity index (χ4n) is 3.02. The van der Waals surface area contributed by atoms with Crippen LogP contribution in [0, 0.1) is 17.2 Å². The number of hydrogen-bond donors (Lipinski definition) is 3. The van der Waals surface area contributed by atoms with E-state index in [1.165, 1.54) is 0 Å². The van der Waals surface area contributed by atoms with E-state index in [0.717, 1.165) is 5.69 Å². The summed E-state index contributed by atoms with van der Waals surface area (Å²) >= 11 is 0. The molecule has 8 heteroatoms. The van der Waals surface area contributed by atoms with Gasteiger partial charge in [-0.15, -0.1) is 0 Å². The first-order chi connectivity index (χ1) is 12.9. The molecule has 0 saturated carbocycles. The number of amides is 3. The third kappa shape index (κ3) is 6.06. The normalized spacial score (nSPS) is 15.2. The molecular weight excluding hydrogens is 346 g/mol. The van der Waals surface area contributed by atoms with Crippen molar-refractivity contribution >= 4 is 17.6 Å². The Kier molecular flexibility index (Phi) is 7.29. The monoisotopic (exact) mass is 373 g/mol. The number of phenols is 1. The van der Waals surface area contributed by atoms with Crippen molar-refractivity contribution in [2.75, 3.05) is 37.6 Å². The molecule has 27 heavy (non-hydrogen) atoms. The molecule has 1 saturated heterocycles. The number of carbonyl (C=O) groups excluding carboxylic acids is 2. The molecule has 0 aromatic heterocycles. The molecule has 0 bridgehead atoms. The van der Waals surface area contributed by atoms with Crippen LogP contribution in [0.5, 0.6) is 5.75 Å². The summed E-state index contributed by atoms with van der Waals surface area (Å²) in [6.45, 7) is 6.32. The van der Waals surface area contributed by atoms with Crippen LogP contribution >= 0.6 is 0 Å². The summed E-state index contributed by atoms with van der Waals surface area (Å²) < 4.78 is 0. The minimum Gasteiger partial charge on any atom is -0.508 e. The molecule has 3 amide bonds. The smallest absolute Gasteiger partial charge is 0.318 e. The van der Waals surface area contributed by atoms with Gasteiger partial charge in [0, 0.05) is 31.9 Å². The maximum absolute atomic E-state index is 12.6. The van der Waals surface area contributed by atoms with E-state index >= 15 is 0 Å². The van der Waals surface area contributed by atoms with Gasteiger partial charge in [-0.05, 0) is 36.6 Å². The van der Waals surface area contributed by atoms with Crippen molar-refractivity contribution in [3.05, 3.63) is 24.3 Å². The SMILES string of the molecule is CC(C)C[C@H](NC(=O)N1CCN(c2ccc(O)cc2)CC1)C(=O)NCC#N. The Morgan fingerprint density at radius 2 is 1.81 bits per heavy atom. The highest BCUT2D eigenvalue weighted by molar-refractivity contribution is 5.87. The molecule has 0 aliphatic carbocycles. The number of carbonyl (C=O) groups is 2. The van der Waals surface area contributed by atoms with Gasteiger partial charge in [0.2, 0.25) is 5.91 Å². The second kappa shape index (κ2) is 9.67. The summed E-state index contributed by atoms with van der Waals surface area (Å²) in [5, 5.41) is 23.3. The number of hydrogen-bond acceptors (Lipinski definition) is 5. The molecule has 0 spiro atoms. The molecule has 1 heterocycles. The van der Waals surface area contributed by atoms with Crippen LogP contribution in [-0.2, 0) is 4.79 Å². The van der Waals surface area contributed by atoms with Crippen molar-refractivity contribution in [1.29, 1.82) is 5.26 Å². The summed E-state index contributed by atoms with van der Waals surface area (Å²) in [6.07, 6.45) is 0.510. The number of benzene rings is 1. The zero-order chi connectivity index (χ0) is 19.8. The average molecular weight is 373 g/mol. The lowest BCUT2D eigenvalue weighted by molar-refractivity contribution is -0.123. The van der Waals surface area contributed by atoms with E-state index in [-0.39, 0.29) is 30.2 Å². The average Bonchev–Trinajstić information content (AvgIpc) is 2.66. The van der Waals surface area contributed by atoms with Gasteiger partial charge in [0.05, 0.1) is 6.07 Å². The van der Waals surface area contributed by atoms with E-state index in [1.54, 1.807) is 17.0 Å². The van der Waals surface area contributed by atoms with Crippen LogP contribution in [0.2, 0.25) is 0 Å². The minimum atomic E-state index is -0.652. The van der Waals surface area contributed by atoms with Gasteiger partial charge in [0.1, 0.15) is 18.3 Å². The number of anilines is 1. The second-order valence-corrected chi connectivity index (χ2v) is 7.00. The Hall–Kier alpha value is -2.95. The number of piperazine rings is 1. The number of nitriles is 1. The molecule has 3 N–H and O–H groups in total. The van der Waals surface area contributed by atoms with Gasteiger partial charge in [-0.2, -0.15) is 5.26 Å². The van der Waals surface area contributed by atoms with Gasteiger partial charge in [0.25, 0.3) is 0 Å². The molecule has 1 aliphatic heterocycles. The molecule has 1 aromatic rings. The van der Waals surface area contributed by atoms with Gasteiger partial charge in [-0.1, -0.05) is 13.8 Å². The van der Waals surface area contributed by atoms with Gasteiger partial charge >= 0.3 is 6.03 Å². The Morgan fingerprint density at radius 1 is 1.19 bits per heavy atom. The van der Waals surface area contributed by atoms with Crippen LogP contribution < -0.4 is 15.5 Å².